The number of carbonyl (C=O) groups excluding carboxylic acids is 1. The van der Waals surface area contributed by atoms with Crippen molar-refractivity contribution in [3.05, 3.63) is 11.6 Å². The molecule has 0 saturated heterocycles. The van der Waals surface area contributed by atoms with E-state index in [-0.39, 0.29) is 0 Å². The third kappa shape index (κ3) is 7.99. The van der Waals surface area contributed by atoms with Crippen LogP contribution in [0, 0.1) is 0 Å². The van der Waals surface area contributed by atoms with Crippen molar-refractivity contribution >= 4 is 6.29 Å². The second kappa shape index (κ2) is 8.95. The van der Waals surface area contributed by atoms with Gasteiger partial charge in [-0.1, -0.05) is 45.1 Å². The van der Waals surface area contributed by atoms with Crippen molar-refractivity contribution in [2.75, 3.05) is 0 Å². The fourth-order valence-corrected chi connectivity index (χ4v) is 1.38. The number of hydrogen-bond acceptors (Lipinski definition) is 2. The molecule has 1 N–H and O–H groups in total. The maximum absolute atomic E-state index is 10.3. The summed E-state index contributed by atoms with van der Waals surface area (Å²) in [4.78, 5) is 10.3. The average molecular weight is 198 g/mol. The molecule has 14 heavy (non-hydrogen) atoms. The van der Waals surface area contributed by atoms with Crippen molar-refractivity contribution in [2.45, 2.75) is 58.5 Å². The topological polar surface area (TPSA) is 37.3 Å². The fraction of sp³-hybridized carbons (Fsp3) is 0.750. The number of allylic oxidation sites excluding steroid dienone is 1. The quantitative estimate of drug-likeness (QED) is 0.370. The molecule has 0 aliphatic heterocycles. The van der Waals surface area contributed by atoms with E-state index in [1.165, 1.54) is 25.7 Å². The van der Waals surface area contributed by atoms with Crippen LogP contribution in [0.5, 0.6) is 0 Å². The molecule has 0 amide bonds. The molecule has 1 atom stereocenters. The van der Waals surface area contributed by atoms with Crippen LogP contribution >= 0.6 is 0 Å². The van der Waals surface area contributed by atoms with Gasteiger partial charge in [0.1, 0.15) is 6.29 Å². The minimum atomic E-state index is -0.443. The smallest absolute Gasteiger partial charge is 0.145 e. The highest BCUT2D eigenvalue weighted by Gasteiger charge is 2.00. The minimum Gasteiger partial charge on any atom is -0.389 e. The molecule has 0 radical (unpaired) electrons. The van der Waals surface area contributed by atoms with Crippen molar-refractivity contribution in [3.63, 3.8) is 0 Å². The van der Waals surface area contributed by atoms with Crippen molar-refractivity contribution in [1.82, 2.24) is 0 Å². The van der Waals surface area contributed by atoms with E-state index >= 15 is 0 Å². The molecule has 1 unspecified atom stereocenters. The molecular formula is C12H22O2. The van der Waals surface area contributed by atoms with Crippen LogP contribution in [0.1, 0.15) is 52.4 Å². The lowest BCUT2D eigenvalue weighted by Gasteiger charge is -2.05. The Morgan fingerprint density at radius 2 is 1.93 bits per heavy atom. The van der Waals surface area contributed by atoms with E-state index in [0.717, 1.165) is 19.1 Å². The van der Waals surface area contributed by atoms with E-state index in [0.29, 0.717) is 5.57 Å². The van der Waals surface area contributed by atoms with Crippen molar-refractivity contribution < 1.29 is 9.90 Å². The summed E-state index contributed by atoms with van der Waals surface area (Å²) in [5.74, 6) is 0. The monoisotopic (exact) mass is 198 g/mol. The van der Waals surface area contributed by atoms with Crippen LogP contribution in [0.3, 0.4) is 0 Å². The Balaban J connectivity index is 3.44. The molecular weight excluding hydrogens is 176 g/mol. The zero-order valence-corrected chi connectivity index (χ0v) is 9.33. The molecule has 2 heteroatoms. The van der Waals surface area contributed by atoms with Crippen LogP contribution < -0.4 is 0 Å². The van der Waals surface area contributed by atoms with E-state index < -0.39 is 6.10 Å². The second-order valence-corrected chi connectivity index (χ2v) is 3.80. The first kappa shape index (κ1) is 13.4. The van der Waals surface area contributed by atoms with Gasteiger partial charge in [-0.2, -0.15) is 0 Å². The van der Waals surface area contributed by atoms with Crippen molar-refractivity contribution in [1.29, 1.82) is 0 Å². The molecule has 0 fully saturated rings. The van der Waals surface area contributed by atoms with Gasteiger partial charge in [-0.3, -0.25) is 4.79 Å². The van der Waals surface area contributed by atoms with Gasteiger partial charge in [0.25, 0.3) is 0 Å². The predicted molar refractivity (Wildman–Crippen MR) is 59.2 cm³/mol. The summed E-state index contributed by atoms with van der Waals surface area (Å²) in [6.07, 6.45) is 8.73. The number of unbranched alkanes of at least 4 members (excludes halogenated alkanes) is 4. The van der Waals surface area contributed by atoms with Crippen LogP contribution in [-0.2, 0) is 4.79 Å². The van der Waals surface area contributed by atoms with Gasteiger partial charge in [0.15, 0.2) is 0 Å². The largest absolute Gasteiger partial charge is 0.389 e. The van der Waals surface area contributed by atoms with Crippen molar-refractivity contribution in [2.24, 2.45) is 0 Å². The number of aliphatic hydroxyl groups is 1. The summed E-state index contributed by atoms with van der Waals surface area (Å²) in [5.41, 5.74) is 0.617. The third-order valence-electron chi connectivity index (χ3n) is 2.24. The highest BCUT2D eigenvalue weighted by atomic mass is 16.3. The summed E-state index contributed by atoms with van der Waals surface area (Å²) in [6, 6.07) is 0. The molecule has 0 saturated carbocycles. The zero-order chi connectivity index (χ0) is 10.8. The van der Waals surface area contributed by atoms with Gasteiger partial charge < -0.3 is 5.11 Å². The highest BCUT2D eigenvalue weighted by Crippen LogP contribution is 2.08. The van der Waals surface area contributed by atoms with E-state index in [1.807, 2.05) is 0 Å². The third-order valence-corrected chi connectivity index (χ3v) is 2.24. The SMILES string of the molecule is CCCCCCCC(O)/C=C(\C)C=O. The maximum Gasteiger partial charge on any atom is 0.145 e. The van der Waals surface area contributed by atoms with E-state index in [9.17, 15) is 9.90 Å². The van der Waals surface area contributed by atoms with E-state index in [4.69, 9.17) is 0 Å². The summed E-state index contributed by atoms with van der Waals surface area (Å²) in [6.45, 7) is 3.90. The molecule has 0 bridgehead atoms. The van der Waals surface area contributed by atoms with Gasteiger partial charge in [-0.25, -0.2) is 0 Å². The predicted octanol–water partition coefficient (Wildman–Crippen LogP) is 2.85. The summed E-state index contributed by atoms with van der Waals surface area (Å²) < 4.78 is 0. The normalized spacial score (nSPS) is 14.1. The molecule has 0 heterocycles. The van der Waals surface area contributed by atoms with Crippen LogP contribution in [0.4, 0.5) is 0 Å². The molecule has 2 nitrogen and oxygen atoms in total. The summed E-state index contributed by atoms with van der Waals surface area (Å²) >= 11 is 0. The number of aldehydes is 1. The zero-order valence-electron chi connectivity index (χ0n) is 9.33. The lowest BCUT2D eigenvalue weighted by atomic mass is 10.1. The number of hydrogen-bond donors (Lipinski definition) is 1. The minimum absolute atomic E-state index is 0.443. The van der Waals surface area contributed by atoms with Gasteiger partial charge in [0.05, 0.1) is 6.10 Å². The van der Waals surface area contributed by atoms with Gasteiger partial charge in [0, 0.05) is 0 Å². The van der Waals surface area contributed by atoms with Gasteiger partial charge in [-0.15, -0.1) is 0 Å². The number of rotatable bonds is 8. The highest BCUT2D eigenvalue weighted by molar-refractivity contribution is 5.72. The molecule has 82 valence electrons. The van der Waals surface area contributed by atoms with Gasteiger partial charge in [0.2, 0.25) is 0 Å². The van der Waals surface area contributed by atoms with Crippen LogP contribution in [0.25, 0.3) is 0 Å². The van der Waals surface area contributed by atoms with E-state index in [1.54, 1.807) is 13.0 Å². The molecule has 0 aliphatic carbocycles. The van der Waals surface area contributed by atoms with E-state index in [2.05, 4.69) is 6.92 Å². The Morgan fingerprint density at radius 1 is 1.29 bits per heavy atom. The van der Waals surface area contributed by atoms with Crippen LogP contribution in [0.15, 0.2) is 11.6 Å². The molecule has 0 aromatic rings. The maximum atomic E-state index is 10.3. The second-order valence-electron chi connectivity index (χ2n) is 3.80. The van der Waals surface area contributed by atoms with Gasteiger partial charge in [-0.05, 0) is 18.9 Å². The fourth-order valence-electron chi connectivity index (χ4n) is 1.38. The van der Waals surface area contributed by atoms with Crippen molar-refractivity contribution in [3.8, 4) is 0 Å². The molecule has 0 aromatic heterocycles. The van der Waals surface area contributed by atoms with Gasteiger partial charge >= 0.3 is 0 Å². The first-order valence-electron chi connectivity index (χ1n) is 5.52. The van der Waals surface area contributed by atoms with Crippen LogP contribution in [0.2, 0.25) is 0 Å². The Morgan fingerprint density at radius 3 is 2.50 bits per heavy atom. The molecule has 0 rings (SSSR count). The summed E-state index contributed by atoms with van der Waals surface area (Å²) in [5, 5.41) is 9.47. The number of carbonyl (C=O) groups is 1. The summed E-state index contributed by atoms with van der Waals surface area (Å²) in [7, 11) is 0. The molecule has 0 aromatic carbocycles. The first-order valence-corrected chi connectivity index (χ1v) is 5.52. The number of aliphatic hydroxyl groups excluding tert-OH is 1. The molecule has 0 spiro atoms. The lowest BCUT2D eigenvalue weighted by molar-refractivity contribution is -0.104. The van der Waals surface area contributed by atoms with Crippen LogP contribution in [-0.4, -0.2) is 17.5 Å². The Hall–Kier alpha value is -0.630. The first-order chi connectivity index (χ1) is 6.70. The average Bonchev–Trinajstić information content (AvgIpc) is 2.17. The Kier molecular flexibility index (Phi) is 8.54. The molecule has 0 aliphatic rings. The Bertz CT molecular complexity index is 173. The lowest BCUT2D eigenvalue weighted by Crippen LogP contribution is -2.03. The Labute approximate surface area is 87.0 Å². The standard InChI is InChI=1S/C12H22O2/c1-3-4-5-6-7-8-12(14)9-11(2)10-13/h9-10,12,14H,3-8H2,1-2H3/b11-9+.